The van der Waals surface area contributed by atoms with Crippen LogP contribution in [-0.4, -0.2) is 43.0 Å². The van der Waals surface area contributed by atoms with E-state index in [0.29, 0.717) is 13.1 Å². The number of hydrogen-bond donors (Lipinski definition) is 1. The molecule has 0 aromatic heterocycles. The maximum Gasteiger partial charge on any atom is 0.324 e. The molecule has 0 bridgehead atoms. The van der Waals surface area contributed by atoms with E-state index < -0.39 is 0 Å². The first-order chi connectivity index (χ1) is 9.65. The monoisotopic (exact) mass is 277 g/mol. The van der Waals surface area contributed by atoms with Gasteiger partial charge in [-0.25, -0.2) is 9.18 Å². The number of amides is 3. The number of nitrogens with one attached hydrogen (secondary N) is 1. The molecule has 106 valence electrons. The molecule has 0 saturated carbocycles. The molecule has 20 heavy (non-hydrogen) atoms. The predicted octanol–water partition coefficient (Wildman–Crippen LogP) is 1.13. The molecule has 3 rings (SSSR count). The van der Waals surface area contributed by atoms with Gasteiger partial charge in [0.1, 0.15) is 5.82 Å². The van der Waals surface area contributed by atoms with Crippen LogP contribution in [0, 0.1) is 5.82 Å². The molecule has 0 spiro atoms. The van der Waals surface area contributed by atoms with Crippen molar-refractivity contribution in [1.82, 2.24) is 10.2 Å². The van der Waals surface area contributed by atoms with Crippen molar-refractivity contribution in [3.8, 4) is 0 Å². The SMILES string of the molecule is O=C(CN1CCCc2cc(F)ccc21)N1CCNC1=O. The van der Waals surface area contributed by atoms with Gasteiger partial charge in [-0.15, -0.1) is 0 Å². The Hall–Kier alpha value is -2.11. The maximum atomic E-state index is 13.2. The van der Waals surface area contributed by atoms with E-state index in [1.54, 1.807) is 6.07 Å². The van der Waals surface area contributed by atoms with Crippen LogP contribution in [0.5, 0.6) is 0 Å². The number of aryl methyl sites for hydroxylation is 1. The summed E-state index contributed by atoms with van der Waals surface area (Å²) in [5, 5.41) is 2.61. The lowest BCUT2D eigenvalue weighted by Crippen LogP contribution is -2.43. The van der Waals surface area contributed by atoms with Gasteiger partial charge in [-0.05, 0) is 36.6 Å². The van der Waals surface area contributed by atoms with E-state index in [9.17, 15) is 14.0 Å². The molecule has 0 atom stereocenters. The van der Waals surface area contributed by atoms with E-state index in [2.05, 4.69) is 5.32 Å². The molecule has 0 radical (unpaired) electrons. The Labute approximate surface area is 116 Å². The number of benzene rings is 1. The minimum absolute atomic E-state index is 0.159. The van der Waals surface area contributed by atoms with Gasteiger partial charge < -0.3 is 10.2 Å². The smallest absolute Gasteiger partial charge is 0.324 e. The van der Waals surface area contributed by atoms with Crippen LogP contribution >= 0.6 is 0 Å². The van der Waals surface area contributed by atoms with Gasteiger partial charge in [0, 0.05) is 25.3 Å². The van der Waals surface area contributed by atoms with Gasteiger partial charge in [-0.2, -0.15) is 0 Å². The van der Waals surface area contributed by atoms with Gasteiger partial charge in [-0.1, -0.05) is 0 Å². The number of urea groups is 1. The molecule has 2 aliphatic rings. The topological polar surface area (TPSA) is 52.7 Å². The molecule has 0 aliphatic carbocycles. The van der Waals surface area contributed by atoms with Crippen molar-refractivity contribution in [3.63, 3.8) is 0 Å². The Kier molecular flexibility index (Phi) is 3.30. The molecule has 1 N–H and O–H groups in total. The van der Waals surface area contributed by atoms with E-state index in [4.69, 9.17) is 0 Å². The third kappa shape index (κ3) is 2.33. The van der Waals surface area contributed by atoms with Crippen molar-refractivity contribution >= 4 is 17.6 Å². The molecule has 1 aromatic carbocycles. The van der Waals surface area contributed by atoms with Crippen molar-refractivity contribution in [2.24, 2.45) is 0 Å². The van der Waals surface area contributed by atoms with Crippen LogP contribution in [0.2, 0.25) is 0 Å². The van der Waals surface area contributed by atoms with Crippen LogP contribution in [0.3, 0.4) is 0 Å². The van der Waals surface area contributed by atoms with Gasteiger partial charge in [0.25, 0.3) is 0 Å². The highest BCUT2D eigenvalue weighted by Gasteiger charge is 2.28. The fourth-order valence-electron chi connectivity index (χ4n) is 2.77. The summed E-state index contributed by atoms with van der Waals surface area (Å²) in [5.74, 6) is -0.465. The zero-order valence-electron chi connectivity index (χ0n) is 11.1. The minimum Gasteiger partial charge on any atom is -0.362 e. The number of fused-ring (bicyclic) bond motifs is 1. The molecular formula is C14H16FN3O2. The number of hydrogen-bond acceptors (Lipinski definition) is 3. The Bertz CT molecular complexity index is 561. The second-order valence-corrected chi connectivity index (χ2v) is 5.08. The molecule has 3 amide bonds. The predicted molar refractivity (Wildman–Crippen MR) is 72.0 cm³/mol. The van der Waals surface area contributed by atoms with E-state index in [0.717, 1.165) is 30.6 Å². The molecule has 1 aromatic rings. The quantitative estimate of drug-likeness (QED) is 0.881. The number of carbonyl (C=O) groups is 2. The lowest BCUT2D eigenvalue weighted by Gasteiger charge is -2.31. The highest BCUT2D eigenvalue weighted by Crippen LogP contribution is 2.27. The summed E-state index contributed by atoms with van der Waals surface area (Å²) in [4.78, 5) is 26.8. The van der Waals surface area contributed by atoms with Crippen LogP contribution in [0.4, 0.5) is 14.9 Å². The molecule has 2 heterocycles. The number of carbonyl (C=O) groups excluding carboxylic acids is 2. The van der Waals surface area contributed by atoms with Crippen LogP contribution in [0.15, 0.2) is 18.2 Å². The highest BCUT2D eigenvalue weighted by molar-refractivity contribution is 5.97. The third-order valence-corrected chi connectivity index (χ3v) is 3.74. The fraction of sp³-hybridized carbons (Fsp3) is 0.429. The Morgan fingerprint density at radius 1 is 1.35 bits per heavy atom. The molecule has 5 nitrogen and oxygen atoms in total. The van der Waals surface area contributed by atoms with Crippen LogP contribution in [-0.2, 0) is 11.2 Å². The second kappa shape index (κ2) is 5.11. The maximum absolute atomic E-state index is 13.2. The Morgan fingerprint density at radius 2 is 2.20 bits per heavy atom. The van der Waals surface area contributed by atoms with E-state index in [1.807, 2.05) is 4.90 Å². The average Bonchev–Trinajstić information content (AvgIpc) is 2.85. The normalized spacial score (nSPS) is 17.9. The second-order valence-electron chi connectivity index (χ2n) is 5.08. The van der Waals surface area contributed by atoms with Crippen molar-refractivity contribution in [2.75, 3.05) is 31.1 Å². The standard InChI is InChI=1S/C14H16FN3O2/c15-11-3-4-12-10(8-11)2-1-6-17(12)9-13(19)18-7-5-16-14(18)20/h3-4,8H,1-2,5-7,9H2,(H,16,20). The van der Waals surface area contributed by atoms with Gasteiger partial charge in [-0.3, -0.25) is 9.69 Å². The van der Waals surface area contributed by atoms with Gasteiger partial charge in [0.15, 0.2) is 0 Å². The lowest BCUT2D eigenvalue weighted by molar-refractivity contribution is -0.126. The largest absolute Gasteiger partial charge is 0.362 e. The summed E-state index contributed by atoms with van der Waals surface area (Å²) in [5.41, 5.74) is 1.82. The first-order valence-electron chi connectivity index (χ1n) is 6.77. The van der Waals surface area contributed by atoms with Crippen LogP contribution < -0.4 is 10.2 Å². The highest BCUT2D eigenvalue weighted by atomic mass is 19.1. The van der Waals surface area contributed by atoms with Gasteiger partial charge in [0.05, 0.1) is 6.54 Å². The van der Waals surface area contributed by atoms with Gasteiger partial charge in [0.2, 0.25) is 5.91 Å². The summed E-state index contributed by atoms with van der Waals surface area (Å²) in [7, 11) is 0. The van der Waals surface area contributed by atoms with E-state index in [1.165, 1.54) is 17.0 Å². The number of rotatable bonds is 2. The van der Waals surface area contributed by atoms with Crippen molar-refractivity contribution in [3.05, 3.63) is 29.6 Å². The molecule has 1 saturated heterocycles. The summed E-state index contributed by atoms with van der Waals surface area (Å²) in [6, 6.07) is 4.31. The molecule has 2 aliphatic heterocycles. The summed E-state index contributed by atoms with van der Waals surface area (Å²) in [6.45, 7) is 1.83. The first-order valence-corrected chi connectivity index (χ1v) is 6.77. The third-order valence-electron chi connectivity index (χ3n) is 3.74. The average molecular weight is 277 g/mol. The minimum atomic E-state index is -0.327. The first kappa shape index (κ1) is 12.9. The van der Waals surface area contributed by atoms with E-state index >= 15 is 0 Å². The summed E-state index contributed by atoms with van der Waals surface area (Å²) in [6.07, 6.45) is 1.71. The fourth-order valence-corrected chi connectivity index (χ4v) is 2.77. The Morgan fingerprint density at radius 3 is 2.95 bits per heavy atom. The number of imide groups is 1. The van der Waals surface area contributed by atoms with Crippen LogP contribution in [0.1, 0.15) is 12.0 Å². The molecule has 1 fully saturated rings. The summed E-state index contributed by atoms with van der Waals surface area (Å²) < 4.78 is 13.2. The van der Waals surface area contributed by atoms with Crippen molar-refractivity contribution < 1.29 is 14.0 Å². The number of anilines is 1. The lowest BCUT2D eigenvalue weighted by atomic mass is 10.0. The van der Waals surface area contributed by atoms with Crippen molar-refractivity contribution in [2.45, 2.75) is 12.8 Å². The van der Waals surface area contributed by atoms with Crippen LogP contribution in [0.25, 0.3) is 0 Å². The zero-order chi connectivity index (χ0) is 14.1. The van der Waals surface area contributed by atoms with E-state index in [-0.39, 0.29) is 24.3 Å². The number of nitrogens with zero attached hydrogens (tertiary/aromatic N) is 2. The number of halogens is 1. The summed E-state index contributed by atoms with van der Waals surface area (Å²) >= 11 is 0. The van der Waals surface area contributed by atoms with Crippen molar-refractivity contribution in [1.29, 1.82) is 0 Å². The zero-order valence-corrected chi connectivity index (χ0v) is 11.1. The van der Waals surface area contributed by atoms with Gasteiger partial charge >= 0.3 is 6.03 Å². The molecule has 0 unspecified atom stereocenters. The molecule has 6 heteroatoms. The Balaban J connectivity index is 1.76. The molecular weight excluding hydrogens is 261 g/mol.